The van der Waals surface area contributed by atoms with Crippen molar-refractivity contribution >= 4 is 17.2 Å². The SMILES string of the molecule is CC(CC(=O)C(F)(F)F)=Nc1c(C)cccc1C. The largest absolute Gasteiger partial charge is 0.450 e. The predicted molar refractivity (Wildman–Crippen MR) is 64.4 cm³/mol. The molecule has 1 rings (SSSR count). The number of aryl methyl sites for hydroxylation is 2. The Balaban J connectivity index is 2.94. The first-order valence-electron chi connectivity index (χ1n) is 5.42. The molecule has 0 fully saturated rings. The van der Waals surface area contributed by atoms with Gasteiger partial charge in [0.1, 0.15) is 0 Å². The lowest BCUT2D eigenvalue weighted by Crippen LogP contribution is -2.24. The highest BCUT2D eigenvalue weighted by Crippen LogP contribution is 2.24. The summed E-state index contributed by atoms with van der Waals surface area (Å²) in [5.41, 5.74) is 2.53. The van der Waals surface area contributed by atoms with Crippen LogP contribution in [0.1, 0.15) is 24.5 Å². The first-order chi connectivity index (χ1) is 8.21. The zero-order valence-corrected chi connectivity index (χ0v) is 10.4. The van der Waals surface area contributed by atoms with Gasteiger partial charge in [0.15, 0.2) is 0 Å². The van der Waals surface area contributed by atoms with Crippen LogP contribution in [0.4, 0.5) is 18.9 Å². The molecule has 0 amide bonds. The Morgan fingerprint density at radius 2 is 1.72 bits per heavy atom. The third kappa shape index (κ3) is 3.68. The molecule has 0 atom stereocenters. The molecule has 0 bridgehead atoms. The average molecular weight is 257 g/mol. The van der Waals surface area contributed by atoms with Crippen LogP contribution in [0.5, 0.6) is 0 Å². The summed E-state index contributed by atoms with van der Waals surface area (Å²) in [6.45, 7) is 5.07. The maximum Gasteiger partial charge on any atom is 0.450 e. The summed E-state index contributed by atoms with van der Waals surface area (Å²) in [7, 11) is 0. The van der Waals surface area contributed by atoms with Crippen LogP contribution in [0, 0.1) is 13.8 Å². The average Bonchev–Trinajstić information content (AvgIpc) is 2.22. The second-order valence-electron chi connectivity index (χ2n) is 4.19. The number of ketones is 1. The van der Waals surface area contributed by atoms with Gasteiger partial charge in [0, 0.05) is 5.71 Å². The van der Waals surface area contributed by atoms with Crippen molar-refractivity contribution in [3.05, 3.63) is 29.3 Å². The highest BCUT2D eigenvalue weighted by Gasteiger charge is 2.37. The standard InChI is InChI=1S/C13H14F3NO/c1-8-5-4-6-9(2)12(8)17-10(3)7-11(18)13(14,15)16/h4-6H,7H2,1-3H3. The Bertz CT molecular complexity index is 469. The number of alkyl halides is 3. The van der Waals surface area contributed by atoms with E-state index in [1.165, 1.54) is 6.92 Å². The number of rotatable bonds is 3. The third-order valence-corrected chi connectivity index (χ3v) is 2.47. The molecule has 18 heavy (non-hydrogen) atoms. The van der Waals surface area contributed by atoms with Gasteiger partial charge in [0.25, 0.3) is 0 Å². The number of para-hydroxylation sites is 1. The fourth-order valence-corrected chi connectivity index (χ4v) is 1.54. The maximum absolute atomic E-state index is 12.1. The van der Waals surface area contributed by atoms with Crippen LogP contribution in [0.25, 0.3) is 0 Å². The molecule has 0 saturated heterocycles. The maximum atomic E-state index is 12.1. The molecular formula is C13H14F3NO. The zero-order valence-electron chi connectivity index (χ0n) is 10.4. The summed E-state index contributed by atoms with van der Waals surface area (Å²) in [6.07, 6.45) is -5.49. The van der Waals surface area contributed by atoms with E-state index in [1.54, 1.807) is 0 Å². The minimum absolute atomic E-state index is 0.162. The van der Waals surface area contributed by atoms with Crippen molar-refractivity contribution < 1.29 is 18.0 Å². The fourth-order valence-electron chi connectivity index (χ4n) is 1.54. The Hall–Kier alpha value is -1.65. The molecule has 2 nitrogen and oxygen atoms in total. The highest BCUT2D eigenvalue weighted by molar-refractivity contribution is 6.04. The normalized spacial score (nSPS) is 12.7. The molecule has 0 unspecified atom stereocenters. The lowest BCUT2D eigenvalue weighted by Gasteiger charge is -2.07. The van der Waals surface area contributed by atoms with Gasteiger partial charge >= 0.3 is 6.18 Å². The topological polar surface area (TPSA) is 29.4 Å². The number of hydrogen-bond donors (Lipinski definition) is 0. The van der Waals surface area contributed by atoms with Crippen molar-refractivity contribution in [2.75, 3.05) is 0 Å². The van der Waals surface area contributed by atoms with Crippen molar-refractivity contribution in [1.29, 1.82) is 0 Å². The molecule has 0 heterocycles. The van der Waals surface area contributed by atoms with Crippen molar-refractivity contribution in [1.82, 2.24) is 0 Å². The molecule has 1 aromatic rings. The summed E-state index contributed by atoms with van der Waals surface area (Å²) in [6, 6.07) is 5.50. The van der Waals surface area contributed by atoms with E-state index in [0.717, 1.165) is 11.1 Å². The molecule has 0 aliphatic carbocycles. The van der Waals surface area contributed by atoms with Crippen LogP contribution < -0.4 is 0 Å². The minimum Gasteiger partial charge on any atom is -0.289 e. The van der Waals surface area contributed by atoms with E-state index < -0.39 is 18.4 Å². The van der Waals surface area contributed by atoms with E-state index in [-0.39, 0.29) is 5.71 Å². The Kier molecular flexibility index (Phi) is 4.27. The molecule has 0 spiro atoms. The number of hydrogen-bond acceptors (Lipinski definition) is 2. The first-order valence-corrected chi connectivity index (χ1v) is 5.42. The summed E-state index contributed by atoms with van der Waals surface area (Å²) in [4.78, 5) is 14.9. The monoisotopic (exact) mass is 257 g/mol. The lowest BCUT2D eigenvalue weighted by molar-refractivity contribution is -0.169. The van der Waals surface area contributed by atoms with E-state index in [0.29, 0.717) is 5.69 Å². The number of Topliss-reactive ketones (excluding diaryl/α,β-unsaturated/α-hetero) is 1. The van der Waals surface area contributed by atoms with Gasteiger partial charge in [-0.2, -0.15) is 13.2 Å². The summed E-state index contributed by atoms with van der Waals surface area (Å²) < 4.78 is 36.3. The molecule has 0 aliphatic heterocycles. The smallest absolute Gasteiger partial charge is 0.289 e. The van der Waals surface area contributed by atoms with Gasteiger partial charge in [0.2, 0.25) is 5.78 Å². The number of carbonyl (C=O) groups excluding carboxylic acids is 1. The minimum atomic E-state index is -4.79. The number of carbonyl (C=O) groups is 1. The van der Waals surface area contributed by atoms with E-state index in [4.69, 9.17) is 0 Å². The van der Waals surface area contributed by atoms with Crippen LogP contribution in [-0.2, 0) is 4.79 Å². The molecule has 0 saturated carbocycles. The van der Waals surface area contributed by atoms with Crippen LogP contribution in [0.3, 0.4) is 0 Å². The van der Waals surface area contributed by atoms with Crippen LogP contribution in [-0.4, -0.2) is 17.7 Å². The highest BCUT2D eigenvalue weighted by atomic mass is 19.4. The van der Waals surface area contributed by atoms with Gasteiger partial charge in [-0.15, -0.1) is 0 Å². The molecule has 0 N–H and O–H groups in total. The third-order valence-electron chi connectivity index (χ3n) is 2.47. The number of aliphatic imine (C=N–C) groups is 1. The molecule has 0 aromatic heterocycles. The lowest BCUT2D eigenvalue weighted by atomic mass is 10.1. The van der Waals surface area contributed by atoms with Crippen LogP contribution in [0.2, 0.25) is 0 Å². The predicted octanol–water partition coefficient (Wildman–Crippen LogP) is 3.92. The van der Waals surface area contributed by atoms with E-state index in [2.05, 4.69) is 4.99 Å². The molecule has 5 heteroatoms. The van der Waals surface area contributed by atoms with E-state index >= 15 is 0 Å². The number of nitrogens with zero attached hydrogens (tertiary/aromatic N) is 1. The number of benzene rings is 1. The fraction of sp³-hybridized carbons (Fsp3) is 0.385. The van der Waals surface area contributed by atoms with Crippen molar-refractivity contribution in [2.24, 2.45) is 4.99 Å². The van der Waals surface area contributed by atoms with Gasteiger partial charge < -0.3 is 0 Å². The van der Waals surface area contributed by atoms with Crippen LogP contribution in [0.15, 0.2) is 23.2 Å². The van der Waals surface area contributed by atoms with Crippen molar-refractivity contribution in [3.8, 4) is 0 Å². The molecule has 0 radical (unpaired) electrons. The van der Waals surface area contributed by atoms with Gasteiger partial charge in [0.05, 0.1) is 12.1 Å². The van der Waals surface area contributed by atoms with Gasteiger partial charge in [-0.1, -0.05) is 18.2 Å². The van der Waals surface area contributed by atoms with Gasteiger partial charge in [-0.05, 0) is 31.9 Å². The van der Waals surface area contributed by atoms with Crippen LogP contribution >= 0.6 is 0 Å². The Morgan fingerprint density at radius 3 is 2.17 bits per heavy atom. The second-order valence-corrected chi connectivity index (χ2v) is 4.19. The van der Waals surface area contributed by atoms with Gasteiger partial charge in [-0.3, -0.25) is 9.79 Å². The Morgan fingerprint density at radius 1 is 1.22 bits per heavy atom. The Labute approximate surface area is 104 Å². The van der Waals surface area contributed by atoms with E-state index in [9.17, 15) is 18.0 Å². The summed E-state index contributed by atoms with van der Waals surface area (Å²) in [5, 5.41) is 0. The molecule has 1 aromatic carbocycles. The molecular weight excluding hydrogens is 243 g/mol. The second kappa shape index (κ2) is 5.33. The number of halogens is 3. The quantitative estimate of drug-likeness (QED) is 0.755. The molecule has 98 valence electrons. The first kappa shape index (κ1) is 14.4. The summed E-state index contributed by atoms with van der Waals surface area (Å²) in [5.74, 6) is -1.77. The zero-order chi connectivity index (χ0) is 13.9. The summed E-state index contributed by atoms with van der Waals surface area (Å²) >= 11 is 0. The van der Waals surface area contributed by atoms with E-state index in [1.807, 2.05) is 32.0 Å². The van der Waals surface area contributed by atoms with Crippen molar-refractivity contribution in [3.63, 3.8) is 0 Å². The molecule has 0 aliphatic rings. The van der Waals surface area contributed by atoms with Crippen molar-refractivity contribution in [2.45, 2.75) is 33.4 Å². The van der Waals surface area contributed by atoms with Gasteiger partial charge in [-0.25, -0.2) is 0 Å².